The molecule has 0 atom stereocenters. The molecule has 2 fully saturated rings. The summed E-state index contributed by atoms with van der Waals surface area (Å²) >= 11 is 0. The Hall–Kier alpha value is -0.120. The molecule has 1 aliphatic carbocycles. The molecule has 19 heavy (non-hydrogen) atoms. The summed E-state index contributed by atoms with van der Waals surface area (Å²) in [6.45, 7) is 16.1. The van der Waals surface area contributed by atoms with Gasteiger partial charge in [0.1, 0.15) is 0 Å². The molecule has 0 aromatic rings. The van der Waals surface area contributed by atoms with Gasteiger partial charge >= 0.3 is 0 Å². The zero-order valence-electron chi connectivity index (χ0n) is 13.3. The van der Waals surface area contributed by atoms with Gasteiger partial charge in [-0.3, -0.25) is 9.80 Å². The van der Waals surface area contributed by atoms with Gasteiger partial charge in [-0.2, -0.15) is 0 Å². The Bertz CT molecular complexity index is 253. The van der Waals surface area contributed by atoms with Crippen LogP contribution in [0, 0.1) is 11.8 Å². The molecule has 0 aromatic heterocycles. The highest BCUT2D eigenvalue weighted by molar-refractivity contribution is 4.82. The van der Waals surface area contributed by atoms with Crippen molar-refractivity contribution in [1.82, 2.24) is 9.80 Å². The van der Waals surface area contributed by atoms with E-state index in [0.29, 0.717) is 12.1 Å². The van der Waals surface area contributed by atoms with E-state index in [1.807, 2.05) is 0 Å². The molecule has 3 nitrogen and oxygen atoms in total. The lowest BCUT2D eigenvalue weighted by Crippen LogP contribution is -2.49. The normalized spacial score (nSPS) is 30.0. The van der Waals surface area contributed by atoms with Gasteiger partial charge in [0.15, 0.2) is 0 Å². The quantitative estimate of drug-likeness (QED) is 0.736. The summed E-state index contributed by atoms with van der Waals surface area (Å²) in [4.78, 5) is 5.12. The monoisotopic (exact) mass is 268 g/mol. The molecular formula is C16H32N2O. The van der Waals surface area contributed by atoms with Crippen LogP contribution in [0.2, 0.25) is 0 Å². The Morgan fingerprint density at radius 1 is 1.00 bits per heavy atom. The van der Waals surface area contributed by atoms with Gasteiger partial charge in [0.2, 0.25) is 0 Å². The van der Waals surface area contributed by atoms with Crippen molar-refractivity contribution in [2.75, 3.05) is 39.3 Å². The molecule has 112 valence electrons. The van der Waals surface area contributed by atoms with E-state index in [1.165, 1.54) is 39.0 Å². The number of ether oxygens (including phenoxy) is 1. The maximum atomic E-state index is 5.98. The molecule has 2 aliphatic rings. The Morgan fingerprint density at radius 3 is 2.16 bits per heavy atom. The van der Waals surface area contributed by atoms with Crippen molar-refractivity contribution < 1.29 is 4.74 Å². The van der Waals surface area contributed by atoms with Crippen LogP contribution in [0.5, 0.6) is 0 Å². The molecule has 0 radical (unpaired) electrons. The average molecular weight is 268 g/mol. The molecule has 1 heterocycles. The second kappa shape index (κ2) is 7.05. The third-order valence-electron chi connectivity index (χ3n) is 4.97. The van der Waals surface area contributed by atoms with Crippen molar-refractivity contribution in [2.45, 2.75) is 52.7 Å². The first-order valence-corrected chi connectivity index (χ1v) is 8.14. The molecule has 0 amide bonds. The van der Waals surface area contributed by atoms with Gasteiger partial charge in [-0.05, 0) is 38.5 Å². The third-order valence-corrected chi connectivity index (χ3v) is 4.97. The Kier molecular flexibility index (Phi) is 5.67. The minimum atomic E-state index is 0.560. The number of nitrogens with zero attached hydrogens (tertiary/aromatic N) is 2. The summed E-state index contributed by atoms with van der Waals surface area (Å²) in [5.74, 6) is 1.75. The smallest absolute Gasteiger partial charge is 0.0597 e. The van der Waals surface area contributed by atoms with E-state index < -0.39 is 0 Å². The summed E-state index contributed by atoms with van der Waals surface area (Å²) in [6.07, 6.45) is 3.14. The van der Waals surface area contributed by atoms with Crippen LogP contribution < -0.4 is 0 Å². The van der Waals surface area contributed by atoms with E-state index in [-0.39, 0.29) is 0 Å². The first-order chi connectivity index (χ1) is 9.06. The number of hydrogen-bond donors (Lipinski definition) is 0. The molecule has 2 rings (SSSR count). The Balaban J connectivity index is 1.51. The predicted molar refractivity (Wildman–Crippen MR) is 80.5 cm³/mol. The second-order valence-corrected chi connectivity index (χ2v) is 6.94. The van der Waals surface area contributed by atoms with E-state index >= 15 is 0 Å². The number of hydrogen-bond acceptors (Lipinski definition) is 3. The largest absolute Gasteiger partial charge is 0.377 e. The second-order valence-electron chi connectivity index (χ2n) is 6.94. The van der Waals surface area contributed by atoms with E-state index in [2.05, 4.69) is 37.5 Å². The zero-order valence-corrected chi connectivity index (χ0v) is 13.3. The van der Waals surface area contributed by atoms with Crippen molar-refractivity contribution in [2.24, 2.45) is 11.8 Å². The molecule has 0 aromatic carbocycles. The minimum absolute atomic E-state index is 0.560. The van der Waals surface area contributed by atoms with Crippen LogP contribution in [0.1, 0.15) is 40.5 Å². The average Bonchev–Trinajstić information content (AvgIpc) is 2.32. The van der Waals surface area contributed by atoms with E-state index in [4.69, 9.17) is 4.74 Å². The molecule has 1 saturated carbocycles. The minimum Gasteiger partial charge on any atom is -0.377 e. The van der Waals surface area contributed by atoms with Crippen molar-refractivity contribution in [1.29, 1.82) is 0 Å². The summed E-state index contributed by atoms with van der Waals surface area (Å²) in [5.41, 5.74) is 0. The molecule has 3 heteroatoms. The van der Waals surface area contributed by atoms with Crippen LogP contribution in [-0.2, 0) is 4.74 Å². The van der Waals surface area contributed by atoms with Crippen LogP contribution >= 0.6 is 0 Å². The van der Waals surface area contributed by atoms with Crippen molar-refractivity contribution in [3.63, 3.8) is 0 Å². The number of rotatable bonds is 6. The van der Waals surface area contributed by atoms with Gasteiger partial charge in [0, 0.05) is 38.8 Å². The fourth-order valence-electron chi connectivity index (χ4n) is 3.14. The maximum Gasteiger partial charge on any atom is 0.0597 e. The highest BCUT2D eigenvalue weighted by Gasteiger charge is 2.31. The topological polar surface area (TPSA) is 15.7 Å². The van der Waals surface area contributed by atoms with Crippen LogP contribution in [0.15, 0.2) is 0 Å². The molecular weight excluding hydrogens is 236 g/mol. The predicted octanol–water partition coefficient (Wildman–Crippen LogP) is 2.46. The van der Waals surface area contributed by atoms with Crippen LogP contribution in [-0.4, -0.2) is 61.3 Å². The standard InChI is InChI=1S/C16H32N2O/c1-13(2)15-11-16(12-15)19-10-9-17-5-7-18(8-6-17)14(3)4/h13-16H,5-12H2,1-4H3. The van der Waals surface area contributed by atoms with Gasteiger partial charge in [-0.25, -0.2) is 0 Å². The molecule has 1 aliphatic heterocycles. The van der Waals surface area contributed by atoms with Gasteiger partial charge in [-0.1, -0.05) is 13.8 Å². The fraction of sp³-hybridized carbons (Fsp3) is 1.00. The lowest BCUT2D eigenvalue weighted by molar-refractivity contribution is -0.0515. The molecule has 0 bridgehead atoms. The van der Waals surface area contributed by atoms with Gasteiger partial charge in [-0.15, -0.1) is 0 Å². The maximum absolute atomic E-state index is 5.98. The van der Waals surface area contributed by atoms with E-state index in [1.54, 1.807) is 0 Å². The summed E-state index contributed by atoms with van der Waals surface area (Å²) in [5, 5.41) is 0. The Labute approximate surface area is 119 Å². The fourth-order valence-corrected chi connectivity index (χ4v) is 3.14. The zero-order chi connectivity index (χ0) is 13.8. The van der Waals surface area contributed by atoms with Crippen LogP contribution in [0.3, 0.4) is 0 Å². The molecule has 0 N–H and O–H groups in total. The van der Waals surface area contributed by atoms with Crippen molar-refractivity contribution in [3.05, 3.63) is 0 Å². The summed E-state index contributed by atoms with van der Waals surface area (Å²) in [6, 6.07) is 0.696. The lowest BCUT2D eigenvalue weighted by Gasteiger charge is -2.39. The summed E-state index contributed by atoms with van der Waals surface area (Å²) < 4.78 is 5.98. The van der Waals surface area contributed by atoms with Crippen LogP contribution in [0.25, 0.3) is 0 Å². The third kappa shape index (κ3) is 4.44. The lowest BCUT2D eigenvalue weighted by atomic mass is 9.75. The highest BCUT2D eigenvalue weighted by atomic mass is 16.5. The van der Waals surface area contributed by atoms with Crippen molar-refractivity contribution in [3.8, 4) is 0 Å². The van der Waals surface area contributed by atoms with Crippen molar-refractivity contribution >= 4 is 0 Å². The van der Waals surface area contributed by atoms with Gasteiger partial charge in [0.05, 0.1) is 12.7 Å². The molecule has 1 saturated heterocycles. The molecule has 0 unspecified atom stereocenters. The number of piperazine rings is 1. The Morgan fingerprint density at radius 2 is 1.63 bits per heavy atom. The van der Waals surface area contributed by atoms with E-state index in [0.717, 1.165) is 25.0 Å². The van der Waals surface area contributed by atoms with Crippen LogP contribution in [0.4, 0.5) is 0 Å². The first-order valence-electron chi connectivity index (χ1n) is 8.14. The van der Waals surface area contributed by atoms with Gasteiger partial charge < -0.3 is 4.74 Å². The SMILES string of the molecule is CC(C)C1CC(OCCN2CCN(C(C)C)CC2)C1. The molecule has 0 spiro atoms. The van der Waals surface area contributed by atoms with Gasteiger partial charge in [0.25, 0.3) is 0 Å². The highest BCUT2D eigenvalue weighted by Crippen LogP contribution is 2.35. The summed E-state index contributed by atoms with van der Waals surface area (Å²) in [7, 11) is 0. The first kappa shape index (κ1) is 15.3. The van der Waals surface area contributed by atoms with E-state index in [9.17, 15) is 0 Å².